The first-order valence-corrected chi connectivity index (χ1v) is 11.1. The Kier molecular flexibility index (Phi) is 5.67. The lowest BCUT2D eigenvalue weighted by Crippen LogP contribution is -2.13. The lowest BCUT2D eigenvalue weighted by Gasteiger charge is -2.17. The minimum atomic E-state index is -0.209. The normalized spacial score (nSPS) is 18.8. The number of imidazole rings is 1. The van der Waals surface area contributed by atoms with Gasteiger partial charge < -0.3 is 20.9 Å². The first-order valence-electron chi connectivity index (χ1n) is 11.1. The van der Waals surface area contributed by atoms with Crippen LogP contribution in [0.3, 0.4) is 0 Å². The van der Waals surface area contributed by atoms with Crippen LogP contribution in [0.25, 0.3) is 17.1 Å². The predicted molar refractivity (Wildman–Crippen MR) is 134 cm³/mol. The molecule has 0 saturated carbocycles. The van der Waals surface area contributed by atoms with E-state index in [0.717, 1.165) is 35.5 Å². The van der Waals surface area contributed by atoms with E-state index in [4.69, 9.17) is 10.7 Å². The first kappa shape index (κ1) is 21.0. The van der Waals surface area contributed by atoms with Crippen molar-refractivity contribution >= 4 is 34.4 Å². The fraction of sp³-hybridized carbons (Fsp3) is 0.185. The molecule has 33 heavy (non-hydrogen) atoms. The fourth-order valence-electron chi connectivity index (χ4n) is 4.57. The molecule has 0 spiro atoms. The highest BCUT2D eigenvalue weighted by Crippen LogP contribution is 2.38. The number of hydrogen-bond acceptors (Lipinski definition) is 4. The number of carbonyl (C=O) groups excluding carboxylic acids is 1. The lowest BCUT2D eigenvalue weighted by atomic mass is 9.88. The van der Waals surface area contributed by atoms with Gasteiger partial charge in [0.25, 0.3) is 0 Å². The van der Waals surface area contributed by atoms with Gasteiger partial charge in [-0.05, 0) is 48.5 Å². The third-order valence-corrected chi connectivity index (χ3v) is 6.27. The summed E-state index contributed by atoms with van der Waals surface area (Å²) in [7, 11) is 2.16. The van der Waals surface area contributed by atoms with Gasteiger partial charge in [-0.15, -0.1) is 0 Å². The van der Waals surface area contributed by atoms with Crippen LogP contribution in [-0.2, 0) is 4.79 Å². The van der Waals surface area contributed by atoms with E-state index in [-0.39, 0.29) is 5.91 Å². The van der Waals surface area contributed by atoms with E-state index in [2.05, 4.69) is 52.6 Å². The molecule has 1 aliphatic heterocycles. The maximum Gasteiger partial charge on any atom is 0.248 e. The number of nitrogen functional groups attached to an aromatic ring is 1. The summed E-state index contributed by atoms with van der Waals surface area (Å²) in [6.07, 6.45) is 3.34. The Morgan fingerprint density at radius 2 is 1.76 bits per heavy atom. The molecule has 1 saturated heterocycles. The van der Waals surface area contributed by atoms with Crippen molar-refractivity contribution in [3.05, 3.63) is 95.8 Å². The molecule has 0 bridgehead atoms. The first-order chi connectivity index (χ1) is 16.1. The number of fused-ring (bicyclic) bond motifs is 1. The Morgan fingerprint density at radius 1 is 1.03 bits per heavy atom. The van der Waals surface area contributed by atoms with E-state index in [1.807, 2.05) is 36.4 Å². The number of hydrogen-bond donors (Lipinski definition) is 3. The quantitative estimate of drug-likeness (QED) is 0.314. The Bertz CT molecular complexity index is 1270. The molecule has 1 amide bonds. The number of nitrogens with two attached hydrogens (primary N) is 1. The second kappa shape index (κ2) is 8.92. The van der Waals surface area contributed by atoms with E-state index in [0.29, 0.717) is 23.2 Å². The van der Waals surface area contributed by atoms with Crippen LogP contribution in [0, 0.1) is 0 Å². The second-order valence-corrected chi connectivity index (χ2v) is 8.65. The van der Waals surface area contributed by atoms with Gasteiger partial charge in [-0.25, -0.2) is 4.98 Å². The molecule has 1 aliphatic rings. The van der Waals surface area contributed by atoms with Gasteiger partial charge in [-0.3, -0.25) is 4.79 Å². The van der Waals surface area contributed by atoms with Crippen LogP contribution in [-0.4, -0.2) is 40.9 Å². The number of amides is 1. The maximum absolute atomic E-state index is 12.3. The average Bonchev–Trinajstić information content (AvgIpc) is 3.43. The van der Waals surface area contributed by atoms with Crippen LogP contribution in [0.1, 0.15) is 28.8 Å². The molecule has 0 aliphatic carbocycles. The molecule has 4 N–H and O–H groups in total. The molecule has 166 valence electrons. The standard InChI is InChI=1S/C27H27N5O/c1-32-16-20(21(17-32)27-30-24-8-4-5-9-25(24)31-27)19-13-10-18(11-14-19)12-15-26(33)29-23-7-3-2-6-22(23)28/h2-15,20-21H,16-17,28H2,1H3,(H,29,33)(H,30,31). The van der Waals surface area contributed by atoms with Crippen LogP contribution >= 0.6 is 0 Å². The van der Waals surface area contributed by atoms with Crippen molar-refractivity contribution in [1.29, 1.82) is 0 Å². The van der Waals surface area contributed by atoms with Crippen molar-refractivity contribution in [2.75, 3.05) is 31.2 Å². The lowest BCUT2D eigenvalue weighted by molar-refractivity contribution is -0.111. The number of aromatic nitrogens is 2. The second-order valence-electron chi connectivity index (χ2n) is 8.65. The molecule has 3 aromatic carbocycles. The predicted octanol–water partition coefficient (Wildman–Crippen LogP) is 4.61. The summed E-state index contributed by atoms with van der Waals surface area (Å²) in [6, 6.07) is 23.8. The molecular weight excluding hydrogens is 410 g/mol. The number of carbonyl (C=O) groups is 1. The van der Waals surface area contributed by atoms with Crippen LogP contribution in [0.5, 0.6) is 0 Å². The van der Waals surface area contributed by atoms with Gasteiger partial charge in [0, 0.05) is 31.0 Å². The zero-order valence-corrected chi connectivity index (χ0v) is 18.5. The van der Waals surface area contributed by atoms with Crippen LogP contribution in [0.2, 0.25) is 0 Å². The van der Waals surface area contributed by atoms with Gasteiger partial charge >= 0.3 is 0 Å². The van der Waals surface area contributed by atoms with Crippen molar-refractivity contribution in [2.24, 2.45) is 0 Å². The van der Waals surface area contributed by atoms with Gasteiger partial charge in [0.2, 0.25) is 5.91 Å². The van der Waals surface area contributed by atoms with E-state index in [1.165, 1.54) is 11.6 Å². The maximum atomic E-state index is 12.3. The summed E-state index contributed by atoms with van der Waals surface area (Å²) in [5.74, 6) is 1.51. The van der Waals surface area contributed by atoms with Crippen molar-refractivity contribution < 1.29 is 4.79 Å². The molecule has 5 rings (SSSR count). The van der Waals surface area contributed by atoms with Crippen molar-refractivity contribution in [3.8, 4) is 0 Å². The molecule has 6 heteroatoms. The molecule has 4 aromatic rings. The highest BCUT2D eigenvalue weighted by atomic mass is 16.1. The number of aromatic amines is 1. The Hall–Kier alpha value is -3.90. The van der Waals surface area contributed by atoms with E-state index in [1.54, 1.807) is 12.1 Å². The van der Waals surface area contributed by atoms with Crippen LogP contribution < -0.4 is 11.1 Å². The molecule has 0 radical (unpaired) electrons. The molecule has 2 unspecified atom stereocenters. The third-order valence-electron chi connectivity index (χ3n) is 6.27. The SMILES string of the molecule is CN1CC(c2ccc(C=CC(=O)Nc3ccccc3N)cc2)C(c2nc3ccccc3[nH]2)C1. The Morgan fingerprint density at radius 3 is 2.55 bits per heavy atom. The van der Waals surface area contributed by atoms with Gasteiger partial charge in [0.1, 0.15) is 5.82 Å². The number of anilines is 2. The summed E-state index contributed by atoms with van der Waals surface area (Å²) in [5, 5.41) is 2.81. The molecule has 1 fully saturated rings. The van der Waals surface area contributed by atoms with E-state index >= 15 is 0 Å². The molecule has 2 atom stereocenters. The Labute approximate surface area is 193 Å². The topological polar surface area (TPSA) is 87.0 Å². The number of H-pyrrole nitrogens is 1. The van der Waals surface area contributed by atoms with Crippen molar-refractivity contribution in [2.45, 2.75) is 11.8 Å². The number of benzene rings is 3. The van der Waals surface area contributed by atoms with Crippen molar-refractivity contribution in [3.63, 3.8) is 0 Å². The highest BCUT2D eigenvalue weighted by molar-refractivity contribution is 6.03. The van der Waals surface area contributed by atoms with Crippen LogP contribution in [0.15, 0.2) is 78.9 Å². The number of nitrogens with one attached hydrogen (secondary N) is 2. The number of likely N-dealkylation sites (tertiary alicyclic amines) is 1. The largest absolute Gasteiger partial charge is 0.397 e. The zero-order chi connectivity index (χ0) is 22.8. The molecule has 2 heterocycles. The summed E-state index contributed by atoms with van der Waals surface area (Å²) in [5.41, 5.74) is 11.4. The molecule has 6 nitrogen and oxygen atoms in total. The number of nitrogens with zero attached hydrogens (tertiary/aromatic N) is 2. The monoisotopic (exact) mass is 437 g/mol. The molecular formula is C27H27N5O. The van der Waals surface area contributed by atoms with Gasteiger partial charge in [-0.1, -0.05) is 48.5 Å². The van der Waals surface area contributed by atoms with E-state index in [9.17, 15) is 4.79 Å². The van der Waals surface area contributed by atoms with Crippen molar-refractivity contribution in [1.82, 2.24) is 14.9 Å². The smallest absolute Gasteiger partial charge is 0.248 e. The zero-order valence-electron chi connectivity index (χ0n) is 18.5. The number of rotatable bonds is 5. The third kappa shape index (κ3) is 4.52. The summed E-state index contributed by atoms with van der Waals surface area (Å²) < 4.78 is 0. The minimum absolute atomic E-state index is 0.209. The van der Waals surface area contributed by atoms with E-state index < -0.39 is 0 Å². The molecule has 1 aromatic heterocycles. The number of para-hydroxylation sites is 4. The van der Waals surface area contributed by atoms with Gasteiger partial charge in [0.15, 0.2) is 0 Å². The number of likely N-dealkylation sites (N-methyl/N-ethyl adjacent to an activating group) is 1. The van der Waals surface area contributed by atoms with Gasteiger partial charge in [-0.2, -0.15) is 0 Å². The summed E-state index contributed by atoms with van der Waals surface area (Å²) >= 11 is 0. The average molecular weight is 438 g/mol. The summed E-state index contributed by atoms with van der Waals surface area (Å²) in [4.78, 5) is 23.0. The van der Waals surface area contributed by atoms with Crippen LogP contribution in [0.4, 0.5) is 11.4 Å². The van der Waals surface area contributed by atoms with Gasteiger partial charge in [0.05, 0.1) is 22.4 Å². The fourth-order valence-corrected chi connectivity index (χ4v) is 4.57. The minimum Gasteiger partial charge on any atom is -0.397 e. The summed E-state index contributed by atoms with van der Waals surface area (Å²) in [6.45, 7) is 1.95. The Balaban J connectivity index is 1.30. The highest BCUT2D eigenvalue weighted by Gasteiger charge is 2.35.